The third-order valence-corrected chi connectivity index (χ3v) is 3.19. The first kappa shape index (κ1) is 17.4. The Hall–Kier alpha value is -2.94. The van der Waals surface area contributed by atoms with Crippen molar-refractivity contribution < 1.29 is 19.6 Å². The van der Waals surface area contributed by atoms with Crippen LogP contribution in [0.4, 0.5) is 5.69 Å². The molecule has 2 N–H and O–H groups in total. The average Bonchev–Trinajstić information content (AvgIpc) is 2.79. The number of nitrogens with one attached hydrogen (secondary N) is 1. The number of amides is 1. The first-order valence-corrected chi connectivity index (χ1v) is 7.21. The fourth-order valence-electron chi connectivity index (χ4n) is 2.11. The second-order valence-electron chi connectivity index (χ2n) is 5.31. The number of carbonyl (C=O) groups is 1. The molecule has 0 bridgehead atoms. The van der Waals surface area contributed by atoms with Gasteiger partial charge in [-0.05, 0) is 32.0 Å². The number of hydrogen-bond donors (Lipinski definition) is 2. The lowest BCUT2D eigenvalue weighted by atomic mass is 10.2. The normalized spacial score (nSPS) is 11.8. The molecule has 1 amide bonds. The summed E-state index contributed by atoms with van der Waals surface area (Å²) in [6, 6.07) is 6.22. The van der Waals surface area contributed by atoms with Crippen LogP contribution in [0, 0.1) is 17.0 Å². The van der Waals surface area contributed by atoms with Gasteiger partial charge in [0, 0.05) is 19.2 Å². The van der Waals surface area contributed by atoms with Gasteiger partial charge in [0.2, 0.25) is 0 Å². The molecule has 0 saturated heterocycles. The van der Waals surface area contributed by atoms with Crippen molar-refractivity contribution in [2.45, 2.75) is 20.0 Å². The van der Waals surface area contributed by atoms with Gasteiger partial charge >= 0.3 is 5.69 Å². The van der Waals surface area contributed by atoms with Crippen molar-refractivity contribution in [1.29, 1.82) is 0 Å². The van der Waals surface area contributed by atoms with Crippen molar-refractivity contribution in [3.05, 3.63) is 45.6 Å². The Morgan fingerprint density at radius 3 is 2.88 bits per heavy atom. The van der Waals surface area contributed by atoms with Crippen LogP contribution in [0.2, 0.25) is 0 Å². The maximum atomic E-state index is 12.0. The highest BCUT2D eigenvalue weighted by Gasteiger charge is 2.26. The van der Waals surface area contributed by atoms with Crippen molar-refractivity contribution in [2.75, 3.05) is 6.54 Å². The Kier molecular flexibility index (Phi) is 5.14. The molecular weight excluding hydrogens is 316 g/mol. The second-order valence-corrected chi connectivity index (χ2v) is 5.31. The van der Waals surface area contributed by atoms with E-state index in [-0.39, 0.29) is 35.5 Å². The molecule has 2 rings (SSSR count). The van der Waals surface area contributed by atoms with Crippen molar-refractivity contribution in [3.63, 3.8) is 0 Å². The van der Waals surface area contributed by atoms with Crippen molar-refractivity contribution in [1.82, 2.24) is 15.1 Å². The Bertz CT molecular complexity index is 769. The summed E-state index contributed by atoms with van der Waals surface area (Å²) in [7, 11) is 1.54. The number of nitro groups is 1. The van der Waals surface area contributed by atoms with Crippen molar-refractivity contribution in [3.8, 4) is 11.6 Å². The average molecular weight is 334 g/mol. The molecule has 1 aromatic carbocycles. The van der Waals surface area contributed by atoms with E-state index in [2.05, 4.69) is 10.4 Å². The standard InChI is InChI=1S/C15H18N4O5/c1-9(20)8-16-14(21)11-5-4-6-12(7-11)24-15-13(19(22)23)10(2)17-18(15)3/h4-7,9,20H,8H2,1-3H3,(H,16,21). The summed E-state index contributed by atoms with van der Waals surface area (Å²) in [6.45, 7) is 3.20. The van der Waals surface area contributed by atoms with Gasteiger partial charge in [0.05, 0.1) is 11.0 Å². The van der Waals surface area contributed by atoms with Crippen LogP contribution in [-0.4, -0.2) is 38.4 Å². The number of aliphatic hydroxyl groups excluding tert-OH is 1. The van der Waals surface area contributed by atoms with E-state index in [1.807, 2.05) is 0 Å². The van der Waals surface area contributed by atoms with Crippen LogP contribution in [-0.2, 0) is 7.05 Å². The predicted molar refractivity (Wildman–Crippen MR) is 85.1 cm³/mol. The van der Waals surface area contributed by atoms with Crippen molar-refractivity contribution in [2.24, 2.45) is 7.05 Å². The van der Waals surface area contributed by atoms with Crippen LogP contribution in [0.25, 0.3) is 0 Å². The Morgan fingerprint density at radius 1 is 1.54 bits per heavy atom. The quantitative estimate of drug-likeness (QED) is 0.611. The molecule has 128 valence electrons. The topological polar surface area (TPSA) is 120 Å². The lowest BCUT2D eigenvalue weighted by molar-refractivity contribution is -0.386. The lowest BCUT2D eigenvalue weighted by Gasteiger charge is -2.09. The van der Waals surface area contributed by atoms with Gasteiger partial charge in [0.15, 0.2) is 0 Å². The van der Waals surface area contributed by atoms with E-state index in [1.165, 1.54) is 24.7 Å². The van der Waals surface area contributed by atoms with E-state index in [0.29, 0.717) is 5.56 Å². The zero-order chi connectivity index (χ0) is 17.9. The van der Waals surface area contributed by atoms with E-state index in [0.717, 1.165) is 0 Å². The molecule has 24 heavy (non-hydrogen) atoms. The van der Waals surface area contributed by atoms with Crippen LogP contribution in [0.1, 0.15) is 23.0 Å². The molecular formula is C15H18N4O5. The Labute approximate surface area is 138 Å². The van der Waals surface area contributed by atoms with E-state index < -0.39 is 11.0 Å². The zero-order valence-electron chi connectivity index (χ0n) is 13.5. The Balaban J connectivity index is 2.25. The molecule has 0 fully saturated rings. The number of ether oxygens (including phenoxy) is 1. The fraction of sp³-hybridized carbons (Fsp3) is 0.333. The van der Waals surface area contributed by atoms with Gasteiger partial charge in [0.1, 0.15) is 11.4 Å². The summed E-state index contributed by atoms with van der Waals surface area (Å²) >= 11 is 0. The summed E-state index contributed by atoms with van der Waals surface area (Å²) in [5.74, 6) is -0.123. The highest BCUT2D eigenvalue weighted by molar-refractivity contribution is 5.94. The molecule has 1 unspecified atom stereocenters. The van der Waals surface area contributed by atoms with Crippen LogP contribution in [0.5, 0.6) is 11.6 Å². The largest absolute Gasteiger partial charge is 0.434 e. The number of benzene rings is 1. The number of aromatic nitrogens is 2. The first-order valence-electron chi connectivity index (χ1n) is 7.21. The minimum atomic E-state index is -0.659. The van der Waals surface area contributed by atoms with Crippen molar-refractivity contribution >= 4 is 11.6 Å². The molecule has 0 radical (unpaired) electrons. The summed E-state index contributed by atoms with van der Waals surface area (Å²) in [5.41, 5.74) is 0.333. The van der Waals surface area contributed by atoms with E-state index in [1.54, 1.807) is 25.1 Å². The van der Waals surface area contributed by atoms with Gasteiger partial charge in [-0.15, -0.1) is 0 Å². The Morgan fingerprint density at radius 2 is 2.25 bits per heavy atom. The third kappa shape index (κ3) is 3.87. The molecule has 1 atom stereocenters. The number of carbonyl (C=O) groups excluding carboxylic acids is 1. The summed E-state index contributed by atoms with van der Waals surface area (Å²) in [5, 5.41) is 26.9. The van der Waals surface area contributed by atoms with Crippen LogP contribution in [0.15, 0.2) is 24.3 Å². The molecule has 0 aliphatic carbocycles. The maximum absolute atomic E-state index is 12.0. The van der Waals surface area contributed by atoms with E-state index in [4.69, 9.17) is 4.74 Å². The predicted octanol–water partition coefficient (Wildman–Crippen LogP) is 1.54. The molecule has 9 heteroatoms. The second kappa shape index (κ2) is 7.09. The third-order valence-electron chi connectivity index (χ3n) is 3.19. The van der Waals surface area contributed by atoms with E-state index in [9.17, 15) is 20.0 Å². The fourth-order valence-corrected chi connectivity index (χ4v) is 2.11. The first-order chi connectivity index (χ1) is 11.3. The lowest BCUT2D eigenvalue weighted by Crippen LogP contribution is -2.30. The summed E-state index contributed by atoms with van der Waals surface area (Å²) < 4.78 is 6.84. The molecule has 0 aliphatic rings. The molecule has 0 spiro atoms. The summed E-state index contributed by atoms with van der Waals surface area (Å²) in [4.78, 5) is 22.6. The number of rotatable bonds is 6. The molecule has 2 aromatic rings. The van der Waals surface area contributed by atoms with E-state index >= 15 is 0 Å². The highest BCUT2D eigenvalue weighted by atomic mass is 16.6. The van der Waals surface area contributed by atoms with Gasteiger partial charge in [-0.1, -0.05) is 6.07 Å². The highest BCUT2D eigenvalue weighted by Crippen LogP contribution is 2.33. The number of nitrogens with zero attached hydrogens (tertiary/aromatic N) is 3. The molecule has 9 nitrogen and oxygen atoms in total. The zero-order valence-corrected chi connectivity index (χ0v) is 13.5. The monoisotopic (exact) mass is 334 g/mol. The molecule has 1 aromatic heterocycles. The number of aliphatic hydroxyl groups is 1. The minimum Gasteiger partial charge on any atom is -0.434 e. The SMILES string of the molecule is Cc1nn(C)c(Oc2cccc(C(=O)NCC(C)O)c2)c1[N+](=O)[O-]. The number of aryl methyl sites for hydroxylation is 2. The number of hydrogen-bond acceptors (Lipinski definition) is 6. The minimum absolute atomic E-state index is 0.0148. The molecule has 1 heterocycles. The summed E-state index contributed by atoms with van der Waals surface area (Å²) in [6.07, 6.45) is -0.659. The molecule has 0 aliphatic heterocycles. The molecule has 0 saturated carbocycles. The van der Waals surface area contributed by atoms with Crippen LogP contribution < -0.4 is 10.1 Å². The van der Waals surface area contributed by atoms with Gasteiger partial charge in [-0.2, -0.15) is 5.10 Å². The van der Waals surface area contributed by atoms with Gasteiger partial charge in [0.25, 0.3) is 11.8 Å². The van der Waals surface area contributed by atoms with Gasteiger partial charge < -0.3 is 15.2 Å². The maximum Gasteiger partial charge on any atom is 0.353 e. The van der Waals surface area contributed by atoms with Crippen LogP contribution in [0.3, 0.4) is 0 Å². The van der Waals surface area contributed by atoms with Crippen LogP contribution >= 0.6 is 0 Å². The van der Waals surface area contributed by atoms with Gasteiger partial charge in [-0.25, -0.2) is 4.68 Å². The van der Waals surface area contributed by atoms with Gasteiger partial charge in [-0.3, -0.25) is 14.9 Å². The smallest absolute Gasteiger partial charge is 0.353 e.